The van der Waals surface area contributed by atoms with Crippen molar-refractivity contribution in [1.29, 1.82) is 0 Å². The van der Waals surface area contributed by atoms with Gasteiger partial charge in [-0.25, -0.2) is 9.97 Å². The first kappa shape index (κ1) is 11.3. The predicted molar refractivity (Wildman–Crippen MR) is 68.7 cm³/mol. The van der Waals surface area contributed by atoms with Crippen molar-refractivity contribution in [2.24, 2.45) is 0 Å². The molecule has 0 atom stereocenters. The first-order valence-corrected chi connectivity index (χ1v) is 5.37. The SMILES string of the molecule is COc1ccc(/C=C/c2cncnc2)c(C)c1. The number of nitrogens with zero attached hydrogens (tertiary/aromatic N) is 2. The van der Waals surface area contributed by atoms with E-state index >= 15 is 0 Å². The monoisotopic (exact) mass is 226 g/mol. The molecule has 0 fully saturated rings. The highest BCUT2D eigenvalue weighted by Crippen LogP contribution is 2.18. The Morgan fingerprint density at radius 3 is 2.53 bits per heavy atom. The number of rotatable bonds is 3. The minimum absolute atomic E-state index is 0.877. The quantitative estimate of drug-likeness (QED) is 0.807. The largest absolute Gasteiger partial charge is 0.497 e. The summed E-state index contributed by atoms with van der Waals surface area (Å²) in [6, 6.07) is 6.00. The molecule has 2 aromatic rings. The molecule has 0 unspecified atom stereocenters. The van der Waals surface area contributed by atoms with Crippen molar-refractivity contribution in [3.63, 3.8) is 0 Å². The molecule has 0 amide bonds. The summed E-state index contributed by atoms with van der Waals surface area (Å²) in [6.07, 6.45) is 9.13. The molecule has 0 aliphatic rings. The lowest BCUT2D eigenvalue weighted by Crippen LogP contribution is -1.86. The third-order valence-corrected chi connectivity index (χ3v) is 2.51. The predicted octanol–water partition coefficient (Wildman–Crippen LogP) is 2.96. The van der Waals surface area contributed by atoms with Crippen LogP contribution in [0.4, 0.5) is 0 Å². The Morgan fingerprint density at radius 1 is 1.12 bits per heavy atom. The molecule has 0 saturated carbocycles. The summed E-state index contributed by atoms with van der Waals surface area (Å²) >= 11 is 0. The van der Waals surface area contributed by atoms with E-state index in [1.165, 1.54) is 11.9 Å². The second-order valence-electron chi connectivity index (χ2n) is 3.73. The highest BCUT2D eigenvalue weighted by atomic mass is 16.5. The van der Waals surface area contributed by atoms with Crippen LogP contribution in [0.15, 0.2) is 36.9 Å². The van der Waals surface area contributed by atoms with Crippen LogP contribution in [0.1, 0.15) is 16.7 Å². The first-order chi connectivity index (χ1) is 8.29. The van der Waals surface area contributed by atoms with Gasteiger partial charge in [-0.1, -0.05) is 18.2 Å². The van der Waals surface area contributed by atoms with Crippen molar-refractivity contribution in [3.8, 4) is 5.75 Å². The van der Waals surface area contributed by atoms with E-state index in [9.17, 15) is 0 Å². The van der Waals surface area contributed by atoms with Crippen LogP contribution in [0.3, 0.4) is 0 Å². The molecule has 1 aromatic carbocycles. The molecule has 0 aliphatic heterocycles. The van der Waals surface area contributed by atoms with Crippen LogP contribution in [0, 0.1) is 6.92 Å². The first-order valence-electron chi connectivity index (χ1n) is 5.37. The van der Waals surface area contributed by atoms with Gasteiger partial charge in [0.25, 0.3) is 0 Å². The van der Waals surface area contributed by atoms with Crippen molar-refractivity contribution >= 4 is 12.2 Å². The summed E-state index contributed by atoms with van der Waals surface area (Å²) in [5.41, 5.74) is 3.33. The molecule has 1 heterocycles. The molecule has 0 N–H and O–H groups in total. The highest BCUT2D eigenvalue weighted by Gasteiger charge is 1.96. The van der Waals surface area contributed by atoms with Crippen LogP contribution in [0.2, 0.25) is 0 Å². The number of aryl methyl sites for hydroxylation is 1. The van der Waals surface area contributed by atoms with Crippen LogP contribution in [0.25, 0.3) is 12.2 Å². The fourth-order valence-electron chi connectivity index (χ4n) is 1.54. The topological polar surface area (TPSA) is 35.0 Å². The number of methoxy groups -OCH3 is 1. The van der Waals surface area contributed by atoms with Crippen molar-refractivity contribution < 1.29 is 4.74 Å². The van der Waals surface area contributed by atoms with Crippen LogP contribution in [-0.2, 0) is 0 Å². The summed E-state index contributed by atoms with van der Waals surface area (Å²) < 4.78 is 5.17. The van der Waals surface area contributed by atoms with Gasteiger partial charge in [0.2, 0.25) is 0 Å². The Kier molecular flexibility index (Phi) is 3.50. The number of benzene rings is 1. The fraction of sp³-hybridized carbons (Fsp3) is 0.143. The van der Waals surface area contributed by atoms with Gasteiger partial charge in [-0.2, -0.15) is 0 Å². The van der Waals surface area contributed by atoms with Gasteiger partial charge in [0.15, 0.2) is 0 Å². The Hall–Kier alpha value is -2.16. The van der Waals surface area contributed by atoms with Gasteiger partial charge in [-0.15, -0.1) is 0 Å². The van der Waals surface area contributed by atoms with Crippen LogP contribution in [0.5, 0.6) is 5.75 Å². The zero-order chi connectivity index (χ0) is 12.1. The molecule has 2 rings (SSSR count). The summed E-state index contributed by atoms with van der Waals surface area (Å²) in [7, 11) is 1.67. The van der Waals surface area contributed by atoms with E-state index in [4.69, 9.17) is 4.74 Å². The van der Waals surface area contributed by atoms with E-state index < -0.39 is 0 Å². The molecule has 3 heteroatoms. The van der Waals surface area contributed by atoms with Gasteiger partial charge < -0.3 is 4.74 Å². The Labute approximate surface area is 101 Å². The van der Waals surface area contributed by atoms with Crippen molar-refractivity contribution in [2.45, 2.75) is 6.92 Å². The lowest BCUT2D eigenvalue weighted by atomic mass is 10.1. The third-order valence-electron chi connectivity index (χ3n) is 2.51. The van der Waals surface area contributed by atoms with E-state index in [0.29, 0.717) is 0 Å². The zero-order valence-electron chi connectivity index (χ0n) is 9.92. The molecule has 1 aromatic heterocycles. The molecule has 0 saturated heterocycles. The van der Waals surface area contributed by atoms with Crippen LogP contribution in [-0.4, -0.2) is 17.1 Å². The lowest BCUT2D eigenvalue weighted by molar-refractivity contribution is 0.414. The maximum Gasteiger partial charge on any atom is 0.119 e. The van der Waals surface area contributed by atoms with E-state index in [2.05, 4.69) is 16.9 Å². The Balaban J connectivity index is 2.22. The number of ether oxygens (including phenoxy) is 1. The van der Waals surface area contributed by atoms with Gasteiger partial charge in [0.1, 0.15) is 12.1 Å². The molecule has 86 valence electrons. The molecular weight excluding hydrogens is 212 g/mol. The fourth-order valence-corrected chi connectivity index (χ4v) is 1.54. The average Bonchev–Trinajstić information content (AvgIpc) is 2.38. The van der Waals surface area contributed by atoms with E-state index in [1.807, 2.05) is 30.4 Å². The molecule has 0 radical (unpaired) electrons. The number of aromatic nitrogens is 2. The summed E-state index contributed by atoms with van der Waals surface area (Å²) in [5.74, 6) is 0.877. The minimum Gasteiger partial charge on any atom is -0.497 e. The van der Waals surface area contributed by atoms with Gasteiger partial charge in [0, 0.05) is 18.0 Å². The zero-order valence-corrected chi connectivity index (χ0v) is 9.92. The van der Waals surface area contributed by atoms with E-state index in [1.54, 1.807) is 19.5 Å². The molecule has 3 nitrogen and oxygen atoms in total. The molecule has 17 heavy (non-hydrogen) atoms. The van der Waals surface area contributed by atoms with E-state index in [0.717, 1.165) is 16.9 Å². The van der Waals surface area contributed by atoms with Gasteiger partial charge in [-0.05, 0) is 30.2 Å². The molecular formula is C14H14N2O. The normalized spacial score (nSPS) is 10.7. The Bertz CT molecular complexity index is 521. The average molecular weight is 226 g/mol. The highest BCUT2D eigenvalue weighted by molar-refractivity contribution is 5.70. The molecule has 0 bridgehead atoms. The van der Waals surface area contributed by atoms with Crippen molar-refractivity contribution in [3.05, 3.63) is 53.6 Å². The standard InChI is InChI=1S/C14H14N2O/c1-11-7-14(17-2)6-5-13(11)4-3-12-8-15-10-16-9-12/h3-10H,1-2H3/b4-3+. The van der Waals surface area contributed by atoms with Crippen LogP contribution < -0.4 is 4.74 Å². The summed E-state index contributed by atoms with van der Waals surface area (Å²) in [6.45, 7) is 2.06. The lowest BCUT2D eigenvalue weighted by Gasteiger charge is -2.04. The molecule has 0 aliphatic carbocycles. The van der Waals surface area contributed by atoms with Crippen molar-refractivity contribution in [1.82, 2.24) is 9.97 Å². The van der Waals surface area contributed by atoms with Gasteiger partial charge in [-0.3, -0.25) is 0 Å². The second kappa shape index (κ2) is 5.25. The number of hydrogen-bond acceptors (Lipinski definition) is 3. The van der Waals surface area contributed by atoms with E-state index in [-0.39, 0.29) is 0 Å². The number of hydrogen-bond donors (Lipinski definition) is 0. The maximum atomic E-state index is 5.17. The smallest absolute Gasteiger partial charge is 0.119 e. The van der Waals surface area contributed by atoms with Crippen molar-refractivity contribution in [2.75, 3.05) is 7.11 Å². The Morgan fingerprint density at radius 2 is 1.88 bits per heavy atom. The minimum atomic E-state index is 0.877. The van der Waals surface area contributed by atoms with Gasteiger partial charge >= 0.3 is 0 Å². The third kappa shape index (κ3) is 2.91. The van der Waals surface area contributed by atoms with Crippen LogP contribution >= 0.6 is 0 Å². The van der Waals surface area contributed by atoms with Gasteiger partial charge in [0.05, 0.1) is 7.11 Å². The maximum absolute atomic E-state index is 5.17. The summed E-state index contributed by atoms with van der Waals surface area (Å²) in [4.78, 5) is 7.93. The summed E-state index contributed by atoms with van der Waals surface area (Å²) in [5, 5.41) is 0. The second-order valence-corrected chi connectivity index (χ2v) is 3.73. The molecule has 0 spiro atoms.